The summed E-state index contributed by atoms with van der Waals surface area (Å²) < 4.78 is 35.8. The van der Waals surface area contributed by atoms with Crippen LogP contribution in [0.2, 0.25) is 0 Å². The summed E-state index contributed by atoms with van der Waals surface area (Å²) in [6, 6.07) is 6.22. The van der Waals surface area contributed by atoms with Gasteiger partial charge in [-0.05, 0) is 17.7 Å². The molecule has 1 aromatic carbocycles. The Hall–Kier alpha value is -0.950. The first kappa shape index (κ1) is 11.5. The molecule has 1 aliphatic rings. The second-order valence-corrected chi connectivity index (χ2v) is 5.05. The molecule has 2 N–H and O–H groups in total. The standard InChI is InChI=1S/C10H13NO4S/c12-16(13,14)9-3-1-8(2-4-9)10-7-15-6-5-11-10/h1-4,10-11H,5-7H2,(H,12,13,14)/t10-/m1/s1. The maximum absolute atomic E-state index is 10.8. The van der Waals surface area contributed by atoms with Gasteiger partial charge in [-0.2, -0.15) is 8.42 Å². The lowest BCUT2D eigenvalue weighted by atomic mass is 10.1. The van der Waals surface area contributed by atoms with Crippen molar-refractivity contribution in [3.63, 3.8) is 0 Å². The molecule has 5 nitrogen and oxygen atoms in total. The Bertz CT molecular complexity index is 448. The SMILES string of the molecule is O=S(=O)(O)c1ccc([C@H]2COCCN2)cc1. The van der Waals surface area contributed by atoms with E-state index in [2.05, 4.69) is 5.32 Å². The van der Waals surface area contributed by atoms with E-state index in [0.29, 0.717) is 13.2 Å². The van der Waals surface area contributed by atoms with Crippen LogP contribution in [0.1, 0.15) is 11.6 Å². The van der Waals surface area contributed by atoms with E-state index in [9.17, 15) is 8.42 Å². The van der Waals surface area contributed by atoms with Gasteiger partial charge in [0.25, 0.3) is 10.1 Å². The lowest BCUT2D eigenvalue weighted by molar-refractivity contribution is 0.0769. The summed E-state index contributed by atoms with van der Waals surface area (Å²) in [7, 11) is -4.10. The number of ether oxygens (including phenoxy) is 1. The zero-order valence-corrected chi connectivity index (χ0v) is 9.40. The van der Waals surface area contributed by atoms with Crippen LogP contribution < -0.4 is 5.32 Å². The normalized spacial score (nSPS) is 21.9. The largest absolute Gasteiger partial charge is 0.378 e. The minimum absolute atomic E-state index is 0.0872. The molecule has 88 valence electrons. The maximum atomic E-state index is 10.8. The highest BCUT2D eigenvalue weighted by atomic mass is 32.2. The van der Waals surface area contributed by atoms with Gasteiger partial charge in [0.1, 0.15) is 0 Å². The van der Waals surface area contributed by atoms with Crippen molar-refractivity contribution < 1.29 is 17.7 Å². The fourth-order valence-corrected chi connectivity index (χ4v) is 2.13. The van der Waals surface area contributed by atoms with E-state index < -0.39 is 10.1 Å². The van der Waals surface area contributed by atoms with Crippen LogP contribution in [0.15, 0.2) is 29.2 Å². The third kappa shape index (κ3) is 2.59. The van der Waals surface area contributed by atoms with Gasteiger partial charge >= 0.3 is 0 Å². The van der Waals surface area contributed by atoms with Gasteiger partial charge < -0.3 is 10.1 Å². The summed E-state index contributed by atoms with van der Waals surface area (Å²) >= 11 is 0. The Morgan fingerprint density at radius 2 is 2.00 bits per heavy atom. The van der Waals surface area contributed by atoms with E-state index in [4.69, 9.17) is 9.29 Å². The summed E-state index contributed by atoms with van der Waals surface area (Å²) in [4.78, 5) is -0.0898. The van der Waals surface area contributed by atoms with Crippen molar-refractivity contribution in [2.45, 2.75) is 10.9 Å². The Balaban J connectivity index is 2.18. The molecule has 1 aromatic rings. The molecule has 0 radical (unpaired) electrons. The van der Waals surface area contributed by atoms with Crippen molar-refractivity contribution in [1.82, 2.24) is 5.32 Å². The molecule has 0 unspecified atom stereocenters. The van der Waals surface area contributed by atoms with Crippen LogP contribution in [0.4, 0.5) is 0 Å². The third-order valence-corrected chi connectivity index (χ3v) is 3.37. The molecule has 0 saturated carbocycles. The van der Waals surface area contributed by atoms with Crippen LogP contribution in [0.5, 0.6) is 0 Å². The minimum atomic E-state index is -4.10. The number of morpholine rings is 1. The molecule has 0 bridgehead atoms. The summed E-state index contributed by atoms with van der Waals surface area (Å²) in [5.41, 5.74) is 0.951. The first-order chi connectivity index (χ1) is 7.57. The van der Waals surface area contributed by atoms with Crippen molar-refractivity contribution in [3.05, 3.63) is 29.8 Å². The molecule has 6 heteroatoms. The van der Waals surface area contributed by atoms with Crippen LogP contribution in [-0.4, -0.2) is 32.7 Å². The van der Waals surface area contributed by atoms with Gasteiger partial charge in [0.05, 0.1) is 24.2 Å². The van der Waals surface area contributed by atoms with E-state index in [1.165, 1.54) is 12.1 Å². The van der Waals surface area contributed by atoms with Crippen LogP contribution >= 0.6 is 0 Å². The molecule has 0 spiro atoms. The summed E-state index contributed by atoms with van der Waals surface area (Å²) in [6.45, 7) is 2.05. The molecule has 2 rings (SSSR count). The number of nitrogens with one attached hydrogen (secondary N) is 1. The first-order valence-electron chi connectivity index (χ1n) is 4.96. The molecular weight excluding hydrogens is 230 g/mol. The van der Waals surface area contributed by atoms with Crippen molar-refractivity contribution in [2.24, 2.45) is 0 Å². The van der Waals surface area contributed by atoms with E-state index in [1.807, 2.05) is 0 Å². The molecule has 1 saturated heterocycles. The monoisotopic (exact) mass is 243 g/mol. The van der Waals surface area contributed by atoms with Gasteiger partial charge in [0, 0.05) is 6.54 Å². The van der Waals surface area contributed by atoms with Crippen LogP contribution in [0.25, 0.3) is 0 Å². The summed E-state index contributed by atoms with van der Waals surface area (Å²) in [6.07, 6.45) is 0. The lowest BCUT2D eigenvalue weighted by Crippen LogP contribution is -2.34. The first-order valence-corrected chi connectivity index (χ1v) is 6.40. The Labute approximate surface area is 94.2 Å². The third-order valence-electron chi connectivity index (χ3n) is 2.50. The second kappa shape index (κ2) is 4.50. The van der Waals surface area contributed by atoms with Gasteiger partial charge in [-0.25, -0.2) is 0 Å². The number of hydrogen-bond donors (Lipinski definition) is 2. The average molecular weight is 243 g/mol. The maximum Gasteiger partial charge on any atom is 0.294 e. The Kier molecular flexibility index (Phi) is 3.25. The highest BCUT2D eigenvalue weighted by Gasteiger charge is 2.16. The van der Waals surface area contributed by atoms with Crippen LogP contribution in [-0.2, 0) is 14.9 Å². The van der Waals surface area contributed by atoms with Gasteiger partial charge in [-0.3, -0.25) is 4.55 Å². The predicted molar refractivity (Wildman–Crippen MR) is 57.8 cm³/mol. The Morgan fingerprint density at radius 1 is 1.31 bits per heavy atom. The van der Waals surface area contributed by atoms with E-state index in [1.54, 1.807) is 12.1 Å². The van der Waals surface area contributed by atoms with E-state index in [0.717, 1.165) is 12.1 Å². The van der Waals surface area contributed by atoms with E-state index in [-0.39, 0.29) is 10.9 Å². The van der Waals surface area contributed by atoms with Crippen molar-refractivity contribution in [3.8, 4) is 0 Å². The molecule has 1 aliphatic heterocycles. The van der Waals surface area contributed by atoms with Gasteiger partial charge in [0.15, 0.2) is 0 Å². The quantitative estimate of drug-likeness (QED) is 0.744. The van der Waals surface area contributed by atoms with E-state index >= 15 is 0 Å². The zero-order chi connectivity index (χ0) is 11.6. The van der Waals surface area contributed by atoms with Gasteiger partial charge in [0.2, 0.25) is 0 Å². The molecule has 16 heavy (non-hydrogen) atoms. The van der Waals surface area contributed by atoms with Gasteiger partial charge in [-0.1, -0.05) is 12.1 Å². The van der Waals surface area contributed by atoms with Crippen molar-refractivity contribution in [1.29, 1.82) is 0 Å². The second-order valence-electron chi connectivity index (χ2n) is 3.63. The van der Waals surface area contributed by atoms with Crippen LogP contribution in [0.3, 0.4) is 0 Å². The average Bonchev–Trinajstić information content (AvgIpc) is 2.29. The summed E-state index contributed by atoms with van der Waals surface area (Å²) in [5, 5.41) is 3.26. The fourth-order valence-electron chi connectivity index (χ4n) is 1.65. The van der Waals surface area contributed by atoms with Crippen molar-refractivity contribution >= 4 is 10.1 Å². The van der Waals surface area contributed by atoms with Gasteiger partial charge in [-0.15, -0.1) is 0 Å². The predicted octanol–water partition coefficient (Wildman–Crippen LogP) is 0.594. The molecular formula is C10H13NO4S. The highest BCUT2D eigenvalue weighted by molar-refractivity contribution is 7.85. The molecule has 0 amide bonds. The van der Waals surface area contributed by atoms with Crippen LogP contribution in [0, 0.1) is 0 Å². The number of benzene rings is 1. The Morgan fingerprint density at radius 3 is 2.50 bits per heavy atom. The smallest absolute Gasteiger partial charge is 0.294 e. The topological polar surface area (TPSA) is 75.6 Å². The molecule has 1 atom stereocenters. The molecule has 0 aliphatic carbocycles. The highest BCUT2D eigenvalue weighted by Crippen LogP contribution is 2.18. The summed E-state index contributed by atoms with van der Waals surface area (Å²) in [5.74, 6) is 0. The van der Waals surface area contributed by atoms with Crippen molar-refractivity contribution in [2.75, 3.05) is 19.8 Å². The fraction of sp³-hybridized carbons (Fsp3) is 0.400. The lowest BCUT2D eigenvalue weighted by Gasteiger charge is -2.24. The molecule has 1 fully saturated rings. The number of rotatable bonds is 2. The molecule has 1 heterocycles. The number of hydrogen-bond acceptors (Lipinski definition) is 4. The minimum Gasteiger partial charge on any atom is -0.378 e. The molecule has 0 aromatic heterocycles. The zero-order valence-electron chi connectivity index (χ0n) is 8.59.